The fourth-order valence-corrected chi connectivity index (χ4v) is 7.58. The van der Waals surface area contributed by atoms with Gasteiger partial charge in [0.2, 0.25) is 5.91 Å². The lowest BCUT2D eigenvalue weighted by Gasteiger charge is -2.40. The van der Waals surface area contributed by atoms with Crippen molar-refractivity contribution in [2.24, 2.45) is 11.3 Å². The van der Waals surface area contributed by atoms with Crippen LogP contribution in [0.4, 0.5) is 11.4 Å². The number of rotatable bonds is 7. The molecule has 3 aliphatic rings. The molecule has 0 bridgehead atoms. The number of Topliss-reactive ketones (excluding diaryl/α,β-unsaturated/α-hetero) is 2. The molecule has 0 aliphatic carbocycles. The van der Waals surface area contributed by atoms with Crippen molar-refractivity contribution in [3.8, 4) is 0 Å². The maximum absolute atomic E-state index is 15.0. The minimum absolute atomic E-state index is 0.0411. The van der Waals surface area contributed by atoms with Crippen LogP contribution in [0.3, 0.4) is 0 Å². The SMILES string of the molecule is CCCCCc1ccc(C(=O)[C@@H]2[C@H](C(=O)C(C)(C)C)N3c4ccc(C)cc4C(C)=C[C@H]3[C@@]23C(=O)Nc2ccccc23)cc1. The summed E-state index contributed by atoms with van der Waals surface area (Å²) < 4.78 is 0. The maximum Gasteiger partial charge on any atom is 0.238 e. The zero-order chi connectivity index (χ0) is 30.7. The van der Waals surface area contributed by atoms with E-state index in [4.69, 9.17) is 0 Å². The van der Waals surface area contributed by atoms with Crippen molar-refractivity contribution < 1.29 is 14.4 Å². The van der Waals surface area contributed by atoms with Crippen LogP contribution in [0.25, 0.3) is 5.57 Å². The van der Waals surface area contributed by atoms with E-state index in [2.05, 4.69) is 55.3 Å². The van der Waals surface area contributed by atoms with Gasteiger partial charge in [-0.1, -0.05) is 101 Å². The highest BCUT2D eigenvalue weighted by Gasteiger charge is 2.71. The first-order valence-electron chi connectivity index (χ1n) is 15.7. The van der Waals surface area contributed by atoms with E-state index in [1.165, 1.54) is 12.0 Å². The maximum atomic E-state index is 15.0. The number of carbonyl (C=O) groups is 3. The lowest BCUT2D eigenvalue weighted by atomic mass is 9.63. The number of hydrogen-bond donors (Lipinski definition) is 1. The van der Waals surface area contributed by atoms with Gasteiger partial charge in [0.05, 0.1) is 12.0 Å². The van der Waals surface area contributed by atoms with Gasteiger partial charge in [0.1, 0.15) is 11.5 Å². The molecule has 0 unspecified atom stereocenters. The highest BCUT2D eigenvalue weighted by atomic mass is 16.2. The van der Waals surface area contributed by atoms with Crippen LogP contribution in [0, 0.1) is 18.3 Å². The Morgan fingerprint density at radius 1 is 0.953 bits per heavy atom. The second kappa shape index (κ2) is 10.6. The molecule has 1 fully saturated rings. The minimum atomic E-state index is -1.27. The standard InChI is InChI=1S/C38H42N2O3/c1-7-8-9-12-25-16-18-26(19-17-25)34(41)32-33(35(42)37(4,5)6)40-30-20-15-23(2)21-27(30)24(3)22-31(40)38(32)28-13-10-11-14-29(28)39-36(38)43/h10-11,13-22,31-33H,7-9,12H2,1-6H3,(H,39,43)/t31-,32-,33+,38+/m0/s1. The molecule has 5 heteroatoms. The average Bonchev–Trinajstić information content (AvgIpc) is 3.44. The first-order valence-corrected chi connectivity index (χ1v) is 15.7. The summed E-state index contributed by atoms with van der Waals surface area (Å²) in [6.45, 7) is 12.0. The minimum Gasteiger partial charge on any atom is -0.352 e. The van der Waals surface area contributed by atoms with Crippen molar-refractivity contribution in [3.63, 3.8) is 0 Å². The molecule has 1 amide bonds. The summed E-state index contributed by atoms with van der Waals surface area (Å²) in [6, 6.07) is 20.4. The summed E-state index contributed by atoms with van der Waals surface area (Å²) in [5.41, 5.74) is 5.31. The van der Waals surface area contributed by atoms with Crippen LogP contribution in [-0.2, 0) is 21.4 Å². The molecule has 6 rings (SSSR count). The van der Waals surface area contributed by atoms with E-state index in [1.807, 2.05) is 69.3 Å². The summed E-state index contributed by atoms with van der Waals surface area (Å²) in [7, 11) is 0. The van der Waals surface area contributed by atoms with E-state index < -0.39 is 28.8 Å². The molecule has 5 nitrogen and oxygen atoms in total. The Morgan fingerprint density at radius 3 is 2.37 bits per heavy atom. The number of aryl methyl sites for hydroxylation is 2. The molecule has 0 saturated carbocycles. The normalized spacial score (nSPS) is 23.9. The van der Waals surface area contributed by atoms with Gasteiger partial charge in [0, 0.05) is 27.9 Å². The van der Waals surface area contributed by atoms with Crippen molar-refractivity contribution in [1.82, 2.24) is 0 Å². The van der Waals surface area contributed by atoms with Gasteiger partial charge >= 0.3 is 0 Å². The Labute approximate surface area is 255 Å². The van der Waals surface area contributed by atoms with Gasteiger partial charge < -0.3 is 10.2 Å². The van der Waals surface area contributed by atoms with E-state index in [0.29, 0.717) is 11.3 Å². The number of benzene rings is 3. The number of hydrogen-bond acceptors (Lipinski definition) is 4. The van der Waals surface area contributed by atoms with E-state index in [1.54, 1.807) is 0 Å². The number of anilines is 2. The number of amides is 1. The third-order valence-electron chi connectivity index (χ3n) is 9.73. The fraction of sp³-hybridized carbons (Fsp3) is 0.395. The topological polar surface area (TPSA) is 66.5 Å². The number of para-hydroxylation sites is 1. The fourth-order valence-electron chi connectivity index (χ4n) is 7.58. The summed E-state index contributed by atoms with van der Waals surface area (Å²) >= 11 is 0. The Kier molecular flexibility index (Phi) is 7.19. The smallest absolute Gasteiger partial charge is 0.238 e. The van der Waals surface area contributed by atoms with E-state index in [9.17, 15) is 14.4 Å². The predicted molar refractivity (Wildman–Crippen MR) is 174 cm³/mol. The first-order chi connectivity index (χ1) is 20.5. The van der Waals surface area contributed by atoms with E-state index in [-0.39, 0.29) is 17.5 Å². The molecule has 0 radical (unpaired) electrons. The predicted octanol–water partition coefficient (Wildman–Crippen LogP) is 7.71. The second-order valence-electron chi connectivity index (χ2n) is 13.6. The summed E-state index contributed by atoms with van der Waals surface area (Å²) in [6.07, 6.45) is 6.52. The van der Waals surface area contributed by atoms with Crippen LogP contribution in [0.5, 0.6) is 0 Å². The van der Waals surface area contributed by atoms with Crippen LogP contribution in [-0.4, -0.2) is 29.6 Å². The zero-order valence-corrected chi connectivity index (χ0v) is 26.2. The lowest BCUT2D eigenvalue weighted by Crippen LogP contribution is -2.51. The van der Waals surface area contributed by atoms with Gasteiger partial charge in [-0.05, 0) is 61.6 Å². The molecule has 0 aromatic heterocycles. The van der Waals surface area contributed by atoms with Crippen molar-refractivity contribution in [2.75, 3.05) is 10.2 Å². The molecule has 1 N–H and O–H groups in total. The molecule has 222 valence electrons. The van der Waals surface area contributed by atoms with Gasteiger partial charge in [-0.3, -0.25) is 14.4 Å². The number of nitrogens with one attached hydrogen (secondary N) is 1. The third-order valence-corrected chi connectivity index (χ3v) is 9.73. The monoisotopic (exact) mass is 574 g/mol. The first kappa shape index (κ1) is 29.1. The Balaban J connectivity index is 1.59. The van der Waals surface area contributed by atoms with Crippen LogP contribution in [0.15, 0.2) is 72.8 Å². The Bertz CT molecular complexity index is 1640. The van der Waals surface area contributed by atoms with Crippen LogP contribution >= 0.6 is 0 Å². The van der Waals surface area contributed by atoms with Gasteiger partial charge in [0.15, 0.2) is 11.6 Å². The van der Waals surface area contributed by atoms with Crippen molar-refractivity contribution in [2.45, 2.75) is 84.7 Å². The van der Waals surface area contributed by atoms with Gasteiger partial charge in [-0.15, -0.1) is 0 Å². The highest BCUT2D eigenvalue weighted by Crippen LogP contribution is 2.59. The number of nitrogens with zero attached hydrogens (tertiary/aromatic N) is 1. The van der Waals surface area contributed by atoms with Crippen LogP contribution in [0.1, 0.15) is 86.5 Å². The molecule has 1 saturated heterocycles. The highest BCUT2D eigenvalue weighted by molar-refractivity contribution is 6.17. The molecule has 43 heavy (non-hydrogen) atoms. The van der Waals surface area contributed by atoms with Crippen LogP contribution in [0.2, 0.25) is 0 Å². The number of unbranched alkanes of at least 4 members (excludes halogenated alkanes) is 2. The number of ketones is 2. The molecule has 3 aromatic carbocycles. The second-order valence-corrected chi connectivity index (χ2v) is 13.6. The average molecular weight is 575 g/mol. The van der Waals surface area contributed by atoms with E-state index >= 15 is 0 Å². The molecular weight excluding hydrogens is 532 g/mol. The van der Waals surface area contributed by atoms with E-state index in [0.717, 1.165) is 47.2 Å². The van der Waals surface area contributed by atoms with Crippen LogP contribution < -0.4 is 10.2 Å². The quantitative estimate of drug-likeness (QED) is 0.232. The Hall–Kier alpha value is -3.99. The number of carbonyl (C=O) groups excluding carboxylic acids is 3. The number of allylic oxidation sites excluding steroid dienone is 1. The zero-order valence-electron chi connectivity index (χ0n) is 26.2. The van der Waals surface area contributed by atoms with Gasteiger partial charge in [-0.2, -0.15) is 0 Å². The number of fused-ring (bicyclic) bond motifs is 6. The molecule has 3 aliphatic heterocycles. The Morgan fingerprint density at radius 2 is 1.67 bits per heavy atom. The van der Waals surface area contributed by atoms with Crippen molar-refractivity contribution in [3.05, 3.63) is 101 Å². The van der Waals surface area contributed by atoms with Crippen molar-refractivity contribution in [1.29, 1.82) is 0 Å². The molecular formula is C38H42N2O3. The summed E-state index contributed by atoms with van der Waals surface area (Å²) in [5.74, 6) is -1.35. The molecule has 3 heterocycles. The molecule has 3 aromatic rings. The molecule has 4 atom stereocenters. The lowest BCUT2D eigenvalue weighted by molar-refractivity contribution is -0.128. The van der Waals surface area contributed by atoms with Gasteiger partial charge in [-0.25, -0.2) is 0 Å². The summed E-state index contributed by atoms with van der Waals surface area (Å²) in [4.78, 5) is 46.3. The summed E-state index contributed by atoms with van der Waals surface area (Å²) in [5, 5.41) is 3.13. The largest absolute Gasteiger partial charge is 0.352 e. The van der Waals surface area contributed by atoms with Crippen molar-refractivity contribution >= 4 is 34.4 Å². The van der Waals surface area contributed by atoms with Gasteiger partial charge in [0.25, 0.3) is 0 Å². The molecule has 1 spiro atoms. The third kappa shape index (κ3) is 4.47.